The largest absolute Gasteiger partial charge is 0.337 e. The molecule has 108 valence electrons. The quantitative estimate of drug-likeness (QED) is 0.878. The fourth-order valence-electron chi connectivity index (χ4n) is 2.63. The van der Waals surface area contributed by atoms with Gasteiger partial charge in [0.15, 0.2) is 0 Å². The minimum Gasteiger partial charge on any atom is -0.337 e. The van der Waals surface area contributed by atoms with Gasteiger partial charge in [-0.05, 0) is 19.0 Å². The Morgan fingerprint density at radius 2 is 2.00 bits per heavy atom. The van der Waals surface area contributed by atoms with E-state index in [0.717, 1.165) is 18.8 Å². The van der Waals surface area contributed by atoms with E-state index in [2.05, 4.69) is 40.6 Å². The molecule has 0 saturated carbocycles. The molecule has 0 bridgehead atoms. The predicted molar refractivity (Wildman–Crippen MR) is 82.1 cm³/mol. The van der Waals surface area contributed by atoms with E-state index in [1.165, 1.54) is 5.56 Å². The average molecular weight is 272 g/mol. The Kier molecular flexibility index (Phi) is 4.93. The van der Waals surface area contributed by atoms with Crippen LogP contribution in [0.5, 0.6) is 0 Å². The summed E-state index contributed by atoms with van der Waals surface area (Å²) in [6, 6.07) is 10.6. The first kappa shape index (κ1) is 14.8. The molecule has 1 aromatic heterocycles. The van der Waals surface area contributed by atoms with Crippen molar-refractivity contribution in [2.24, 2.45) is 12.8 Å². The summed E-state index contributed by atoms with van der Waals surface area (Å²) in [5.74, 6) is 1.06. The summed E-state index contributed by atoms with van der Waals surface area (Å²) in [6.07, 6.45) is 4.82. The lowest BCUT2D eigenvalue weighted by atomic mass is 9.97. The van der Waals surface area contributed by atoms with Crippen molar-refractivity contribution in [3.05, 3.63) is 54.1 Å². The van der Waals surface area contributed by atoms with Gasteiger partial charge in [0.05, 0.1) is 6.54 Å². The molecule has 20 heavy (non-hydrogen) atoms. The zero-order valence-corrected chi connectivity index (χ0v) is 12.5. The van der Waals surface area contributed by atoms with Gasteiger partial charge in [-0.1, -0.05) is 37.3 Å². The summed E-state index contributed by atoms with van der Waals surface area (Å²) in [7, 11) is 4.14. The number of likely N-dealkylation sites (N-methyl/N-ethyl adjacent to an activating group) is 1. The van der Waals surface area contributed by atoms with Gasteiger partial charge in [-0.2, -0.15) is 0 Å². The lowest BCUT2D eigenvalue weighted by molar-refractivity contribution is 0.191. The van der Waals surface area contributed by atoms with Gasteiger partial charge >= 0.3 is 0 Å². The number of rotatable bonds is 6. The third-order valence-corrected chi connectivity index (χ3v) is 3.90. The summed E-state index contributed by atoms with van der Waals surface area (Å²) in [5, 5.41) is 0. The molecule has 0 radical (unpaired) electrons. The molecule has 2 rings (SSSR count). The number of aromatic nitrogens is 2. The molecule has 1 aromatic carbocycles. The van der Waals surface area contributed by atoms with Gasteiger partial charge in [-0.3, -0.25) is 4.90 Å². The summed E-state index contributed by atoms with van der Waals surface area (Å²) < 4.78 is 2.05. The molecule has 0 fully saturated rings. The molecule has 2 atom stereocenters. The predicted octanol–water partition coefficient (Wildman–Crippen LogP) is 2.33. The van der Waals surface area contributed by atoms with Crippen LogP contribution in [0, 0.1) is 0 Å². The highest BCUT2D eigenvalue weighted by molar-refractivity contribution is 5.20. The van der Waals surface area contributed by atoms with E-state index in [1.54, 1.807) is 0 Å². The lowest BCUT2D eigenvalue weighted by Crippen LogP contribution is -2.40. The lowest BCUT2D eigenvalue weighted by Gasteiger charge is -2.32. The van der Waals surface area contributed by atoms with E-state index in [-0.39, 0.29) is 6.04 Å². The van der Waals surface area contributed by atoms with E-state index in [9.17, 15) is 0 Å². The number of benzene rings is 1. The first-order valence-corrected chi connectivity index (χ1v) is 7.10. The SMILES string of the molecule is CCC(C(N)c1ccccc1)N(C)Cc1nccn1C. The molecule has 2 aromatic rings. The van der Waals surface area contributed by atoms with Crippen molar-refractivity contribution in [3.8, 4) is 0 Å². The molecule has 0 saturated heterocycles. The van der Waals surface area contributed by atoms with Gasteiger partial charge in [0.1, 0.15) is 5.82 Å². The van der Waals surface area contributed by atoms with Crippen LogP contribution >= 0.6 is 0 Å². The monoisotopic (exact) mass is 272 g/mol. The first-order chi connectivity index (χ1) is 9.63. The Hall–Kier alpha value is -1.65. The third-order valence-electron chi connectivity index (χ3n) is 3.90. The topological polar surface area (TPSA) is 47.1 Å². The average Bonchev–Trinajstić information content (AvgIpc) is 2.86. The van der Waals surface area contributed by atoms with Gasteiger partial charge in [0.25, 0.3) is 0 Å². The summed E-state index contributed by atoms with van der Waals surface area (Å²) in [6.45, 7) is 2.99. The number of imidazole rings is 1. The van der Waals surface area contributed by atoms with Crippen LogP contribution < -0.4 is 5.73 Å². The van der Waals surface area contributed by atoms with Crippen molar-refractivity contribution in [3.63, 3.8) is 0 Å². The minimum atomic E-state index is 0.0199. The van der Waals surface area contributed by atoms with Crippen LogP contribution in [0.15, 0.2) is 42.7 Å². The van der Waals surface area contributed by atoms with Crippen LogP contribution in [-0.2, 0) is 13.6 Å². The van der Waals surface area contributed by atoms with Crippen molar-refractivity contribution in [1.82, 2.24) is 14.5 Å². The molecule has 1 heterocycles. The first-order valence-electron chi connectivity index (χ1n) is 7.10. The molecule has 4 heteroatoms. The Morgan fingerprint density at radius 3 is 2.55 bits per heavy atom. The molecule has 0 amide bonds. The normalized spacial score (nSPS) is 14.4. The number of aryl methyl sites for hydroxylation is 1. The van der Waals surface area contributed by atoms with Crippen molar-refractivity contribution >= 4 is 0 Å². The number of nitrogens with two attached hydrogens (primary N) is 1. The van der Waals surface area contributed by atoms with E-state index < -0.39 is 0 Å². The van der Waals surface area contributed by atoms with Crippen LogP contribution in [-0.4, -0.2) is 27.5 Å². The fourth-order valence-corrected chi connectivity index (χ4v) is 2.63. The molecule has 0 spiro atoms. The Morgan fingerprint density at radius 1 is 1.30 bits per heavy atom. The Labute approximate surface area is 121 Å². The molecular weight excluding hydrogens is 248 g/mol. The molecule has 2 N–H and O–H groups in total. The third kappa shape index (κ3) is 3.26. The molecular formula is C16H24N4. The highest BCUT2D eigenvalue weighted by Crippen LogP contribution is 2.21. The van der Waals surface area contributed by atoms with Gasteiger partial charge in [-0.25, -0.2) is 4.98 Å². The molecule has 2 unspecified atom stereocenters. The van der Waals surface area contributed by atoms with E-state index in [1.807, 2.05) is 37.6 Å². The summed E-state index contributed by atoms with van der Waals surface area (Å²) in [4.78, 5) is 6.68. The maximum Gasteiger partial charge on any atom is 0.122 e. The van der Waals surface area contributed by atoms with E-state index in [0.29, 0.717) is 6.04 Å². The second-order valence-electron chi connectivity index (χ2n) is 5.28. The Balaban J connectivity index is 2.09. The van der Waals surface area contributed by atoms with Gasteiger partial charge in [0, 0.05) is 31.5 Å². The van der Waals surface area contributed by atoms with E-state index >= 15 is 0 Å². The van der Waals surface area contributed by atoms with Crippen molar-refractivity contribution in [2.75, 3.05) is 7.05 Å². The molecule has 4 nitrogen and oxygen atoms in total. The van der Waals surface area contributed by atoms with Crippen LogP contribution in [0.2, 0.25) is 0 Å². The second-order valence-corrected chi connectivity index (χ2v) is 5.28. The molecule has 0 aliphatic heterocycles. The zero-order valence-electron chi connectivity index (χ0n) is 12.5. The molecule has 0 aliphatic rings. The van der Waals surface area contributed by atoms with Crippen molar-refractivity contribution in [2.45, 2.75) is 32.0 Å². The van der Waals surface area contributed by atoms with E-state index in [4.69, 9.17) is 5.73 Å². The highest BCUT2D eigenvalue weighted by Gasteiger charge is 2.22. The Bertz CT molecular complexity index is 520. The number of nitrogens with zero attached hydrogens (tertiary/aromatic N) is 3. The van der Waals surface area contributed by atoms with Crippen LogP contribution in [0.25, 0.3) is 0 Å². The maximum absolute atomic E-state index is 6.45. The standard InChI is InChI=1S/C16H24N4/c1-4-14(16(17)13-8-6-5-7-9-13)20(3)12-15-18-10-11-19(15)2/h5-11,14,16H,4,12,17H2,1-3H3. The summed E-state index contributed by atoms with van der Waals surface area (Å²) in [5.41, 5.74) is 7.63. The van der Waals surface area contributed by atoms with Gasteiger partial charge in [-0.15, -0.1) is 0 Å². The second kappa shape index (κ2) is 6.68. The minimum absolute atomic E-state index is 0.0199. The van der Waals surface area contributed by atoms with Gasteiger partial charge < -0.3 is 10.3 Å². The maximum atomic E-state index is 6.45. The van der Waals surface area contributed by atoms with Crippen molar-refractivity contribution in [1.29, 1.82) is 0 Å². The van der Waals surface area contributed by atoms with Crippen molar-refractivity contribution < 1.29 is 0 Å². The number of hydrogen-bond donors (Lipinski definition) is 1. The zero-order chi connectivity index (χ0) is 14.5. The fraction of sp³-hybridized carbons (Fsp3) is 0.438. The highest BCUT2D eigenvalue weighted by atomic mass is 15.2. The van der Waals surface area contributed by atoms with Crippen LogP contribution in [0.1, 0.15) is 30.8 Å². The van der Waals surface area contributed by atoms with Crippen LogP contribution in [0.4, 0.5) is 0 Å². The molecule has 0 aliphatic carbocycles. The van der Waals surface area contributed by atoms with Gasteiger partial charge in [0.2, 0.25) is 0 Å². The number of hydrogen-bond acceptors (Lipinski definition) is 3. The smallest absolute Gasteiger partial charge is 0.122 e. The van der Waals surface area contributed by atoms with Crippen LogP contribution in [0.3, 0.4) is 0 Å². The summed E-state index contributed by atoms with van der Waals surface area (Å²) >= 11 is 0.